The Balaban J connectivity index is 2.44. The van der Waals surface area contributed by atoms with E-state index in [0.29, 0.717) is 6.54 Å². The minimum Gasteiger partial charge on any atom is -0.384 e. The number of nitrogens with one attached hydrogen (secondary N) is 3. The van der Waals surface area contributed by atoms with E-state index in [9.17, 15) is 13.9 Å². The number of halogens is 2. The second-order valence-corrected chi connectivity index (χ2v) is 5.04. The normalized spacial score (nSPS) is 28.1. The van der Waals surface area contributed by atoms with Gasteiger partial charge in [0.05, 0.1) is 0 Å². The lowest BCUT2D eigenvalue weighted by molar-refractivity contribution is -0.117. The molecule has 0 saturated carbocycles. The second kappa shape index (κ2) is 8.26. The van der Waals surface area contributed by atoms with E-state index < -0.39 is 24.4 Å². The van der Waals surface area contributed by atoms with Gasteiger partial charge in [0.2, 0.25) is 0 Å². The topological polar surface area (TPSA) is 103 Å². The van der Waals surface area contributed by atoms with Crippen molar-refractivity contribution < 1.29 is 18.6 Å². The molecule has 1 heterocycles. The summed E-state index contributed by atoms with van der Waals surface area (Å²) in [5.74, 6) is -3.67. The van der Waals surface area contributed by atoms with E-state index in [2.05, 4.69) is 17.6 Å². The zero-order chi connectivity index (χ0) is 15.9. The highest BCUT2D eigenvalue weighted by molar-refractivity contribution is 5.88. The lowest BCUT2D eigenvalue weighted by Crippen LogP contribution is -2.46. The fourth-order valence-electron chi connectivity index (χ4n) is 2.02. The Morgan fingerprint density at radius 2 is 2.19 bits per heavy atom. The SMILES string of the molecule is CCCCCNC[C@H]1O[C@@H](N/C=C\C(=N)N)C(F)(F)[C@@H]1O. The quantitative estimate of drug-likeness (QED) is 0.243. The molecule has 122 valence electrons. The van der Waals surface area contributed by atoms with E-state index in [-0.39, 0.29) is 12.4 Å². The van der Waals surface area contributed by atoms with Crippen molar-refractivity contribution in [3.05, 3.63) is 12.3 Å². The minimum atomic E-state index is -3.41. The van der Waals surface area contributed by atoms with E-state index >= 15 is 0 Å². The van der Waals surface area contributed by atoms with Gasteiger partial charge in [0.15, 0.2) is 6.23 Å². The zero-order valence-corrected chi connectivity index (χ0v) is 12.1. The molecule has 1 fully saturated rings. The third-order valence-electron chi connectivity index (χ3n) is 3.22. The fourth-order valence-corrected chi connectivity index (χ4v) is 2.02. The molecule has 0 aromatic rings. The summed E-state index contributed by atoms with van der Waals surface area (Å²) < 4.78 is 32.8. The number of nitrogens with two attached hydrogens (primary N) is 1. The van der Waals surface area contributed by atoms with Crippen LogP contribution in [0.15, 0.2) is 12.3 Å². The molecule has 0 unspecified atom stereocenters. The molecule has 21 heavy (non-hydrogen) atoms. The van der Waals surface area contributed by atoms with Crippen LogP contribution in [-0.2, 0) is 4.74 Å². The molecule has 1 aliphatic rings. The van der Waals surface area contributed by atoms with Crippen LogP contribution in [0.3, 0.4) is 0 Å². The van der Waals surface area contributed by atoms with Crippen LogP contribution in [0.5, 0.6) is 0 Å². The van der Waals surface area contributed by atoms with Crippen molar-refractivity contribution in [2.24, 2.45) is 5.73 Å². The lowest BCUT2D eigenvalue weighted by atomic mass is 10.1. The van der Waals surface area contributed by atoms with Crippen molar-refractivity contribution in [2.45, 2.75) is 50.5 Å². The molecule has 1 saturated heterocycles. The first kappa shape index (κ1) is 17.8. The second-order valence-electron chi connectivity index (χ2n) is 5.04. The molecule has 3 atom stereocenters. The van der Waals surface area contributed by atoms with Crippen LogP contribution in [0, 0.1) is 5.41 Å². The molecule has 8 heteroatoms. The number of unbranched alkanes of at least 4 members (excludes halogenated alkanes) is 2. The highest BCUT2D eigenvalue weighted by atomic mass is 19.3. The van der Waals surface area contributed by atoms with Crippen LogP contribution in [0.2, 0.25) is 0 Å². The van der Waals surface area contributed by atoms with Crippen LogP contribution >= 0.6 is 0 Å². The number of aliphatic hydroxyl groups is 1. The van der Waals surface area contributed by atoms with Crippen molar-refractivity contribution in [2.75, 3.05) is 13.1 Å². The fraction of sp³-hybridized carbons (Fsp3) is 0.769. The molecule has 1 aliphatic heterocycles. The summed E-state index contributed by atoms with van der Waals surface area (Å²) in [4.78, 5) is 0. The lowest BCUT2D eigenvalue weighted by Gasteiger charge is -2.19. The van der Waals surface area contributed by atoms with Gasteiger partial charge < -0.3 is 26.2 Å². The number of rotatable bonds is 9. The number of amidine groups is 1. The van der Waals surface area contributed by atoms with Gasteiger partial charge in [-0.1, -0.05) is 19.8 Å². The molecule has 0 aromatic carbocycles. The predicted octanol–water partition coefficient (Wildman–Crippen LogP) is 0.527. The van der Waals surface area contributed by atoms with E-state index in [4.69, 9.17) is 15.9 Å². The summed E-state index contributed by atoms with van der Waals surface area (Å²) in [6.07, 6.45) is 0.856. The molecule has 1 rings (SSSR count). The van der Waals surface area contributed by atoms with Crippen LogP contribution in [0.25, 0.3) is 0 Å². The summed E-state index contributed by atoms with van der Waals surface area (Å²) in [7, 11) is 0. The number of alkyl halides is 2. The van der Waals surface area contributed by atoms with E-state index in [1.54, 1.807) is 0 Å². The van der Waals surface area contributed by atoms with Gasteiger partial charge in [-0.15, -0.1) is 0 Å². The predicted molar refractivity (Wildman–Crippen MR) is 76.2 cm³/mol. The molecule has 0 radical (unpaired) electrons. The molecular formula is C13H24F2N4O2. The Hall–Kier alpha value is -1.25. The minimum absolute atomic E-state index is 0.162. The highest BCUT2D eigenvalue weighted by Gasteiger charge is 2.58. The van der Waals surface area contributed by atoms with Gasteiger partial charge in [-0.3, -0.25) is 5.41 Å². The summed E-state index contributed by atoms with van der Waals surface area (Å²) in [6, 6.07) is 0. The molecule has 6 nitrogen and oxygen atoms in total. The standard InChI is InChI=1S/C13H24F2N4O2/c1-2-3-4-6-18-8-9-11(20)13(14,15)12(21-9)19-7-5-10(16)17/h5,7,9,11-12,18-20H,2-4,6,8H2,1H3,(H3,16,17)/b7-5-/t9-,11-,12-/m1/s1. The Morgan fingerprint density at radius 1 is 1.48 bits per heavy atom. The Kier molecular flexibility index (Phi) is 7.00. The first-order valence-electron chi connectivity index (χ1n) is 7.08. The van der Waals surface area contributed by atoms with Gasteiger partial charge >= 0.3 is 5.92 Å². The maximum Gasteiger partial charge on any atom is 0.319 e. The third-order valence-corrected chi connectivity index (χ3v) is 3.22. The molecule has 6 N–H and O–H groups in total. The summed E-state index contributed by atoms with van der Waals surface area (Å²) in [5.41, 5.74) is 5.07. The summed E-state index contributed by atoms with van der Waals surface area (Å²) in [5, 5.41) is 21.9. The average molecular weight is 306 g/mol. The van der Waals surface area contributed by atoms with Gasteiger partial charge in [-0.25, -0.2) is 0 Å². The largest absolute Gasteiger partial charge is 0.384 e. The zero-order valence-electron chi connectivity index (χ0n) is 12.1. The Morgan fingerprint density at radius 3 is 2.81 bits per heavy atom. The van der Waals surface area contributed by atoms with E-state index in [0.717, 1.165) is 31.5 Å². The number of aliphatic hydroxyl groups excluding tert-OH is 1. The molecular weight excluding hydrogens is 282 g/mol. The van der Waals surface area contributed by atoms with E-state index in [1.165, 1.54) is 0 Å². The highest BCUT2D eigenvalue weighted by Crippen LogP contribution is 2.34. The van der Waals surface area contributed by atoms with Crippen LogP contribution < -0.4 is 16.4 Å². The van der Waals surface area contributed by atoms with Crippen molar-refractivity contribution >= 4 is 5.84 Å². The molecule has 0 bridgehead atoms. The molecule has 0 spiro atoms. The van der Waals surface area contributed by atoms with Crippen molar-refractivity contribution in [1.29, 1.82) is 5.41 Å². The molecule has 0 aromatic heterocycles. The van der Waals surface area contributed by atoms with Gasteiger partial charge in [-0.05, 0) is 19.0 Å². The van der Waals surface area contributed by atoms with Gasteiger partial charge in [0, 0.05) is 12.7 Å². The third kappa shape index (κ3) is 5.22. The van der Waals surface area contributed by atoms with Crippen LogP contribution in [0.1, 0.15) is 26.2 Å². The number of hydrogen-bond acceptors (Lipinski definition) is 5. The van der Waals surface area contributed by atoms with Crippen molar-refractivity contribution in [1.82, 2.24) is 10.6 Å². The summed E-state index contributed by atoms with van der Waals surface area (Å²) >= 11 is 0. The Bertz CT molecular complexity index is 366. The van der Waals surface area contributed by atoms with Gasteiger partial charge in [0.25, 0.3) is 0 Å². The summed E-state index contributed by atoms with van der Waals surface area (Å²) in [6.45, 7) is 2.94. The van der Waals surface area contributed by atoms with Crippen LogP contribution in [-0.4, -0.2) is 48.4 Å². The average Bonchev–Trinajstić information content (AvgIpc) is 2.62. The number of ether oxygens (including phenoxy) is 1. The maximum absolute atomic E-state index is 13.8. The monoisotopic (exact) mass is 306 g/mol. The van der Waals surface area contributed by atoms with Gasteiger partial charge in [0.1, 0.15) is 18.0 Å². The van der Waals surface area contributed by atoms with Crippen LogP contribution in [0.4, 0.5) is 8.78 Å². The van der Waals surface area contributed by atoms with Gasteiger partial charge in [-0.2, -0.15) is 8.78 Å². The smallest absolute Gasteiger partial charge is 0.319 e. The van der Waals surface area contributed by atoms with E-state index in [1.807, 2.05) is 0 Å². The maximum atomic E-state index is 13.8. The first-order chi connectivity index (χ1) is 9.89. The number of hydrogen-bond donors (Lipinski definition) is 5. The Labute approximate surface area is 123 Å². The van der Waals surface area contributed by atoms with Crippen molar-refractivity contribution in [3.63, 3.8) is 0 Å². The first-order valence-corrected chi connectivity index (χ1v) is 7.08. The molecule has 0 aliphatic carbocycles. The van der Waals surface area contributed by atoms with Crippen molar-refractivity contribution in [3.8, 4) is 0 Å². The molecule has 0 amide bonds.